The van der Waals surface area contributed by atoms with E-state index in [1.165, 1.54) is 32.1 Å². The average molecular weight is 1820 g/mol. The van der Waals surface area contributed by atoms with Crippen molar-refractivity contribution < 1.29 is 57.5 Å². The van der Waals surface area contributed by atoms with Crippen molar-refractivity contribution in [2.45, 2.75) is 234 Å². The van der Waals surface area contributed by atoms with E-state index in [1.54, 1.807) is 63.7 Å². The molecule has 2 saturated heterocycles. The van der Waals surface area contributed by atoms with Gasteiger partial charge in [-0.25, -0.2) is 0 Å². The predicted octanol–water partition coefficient (Wildman–Crippen LogP) is 15.0. The summed E-state index contributed by atoms with van der Waals surface area (Å²) in [6.07, 6.45) is 15.1. The zero-order chi connectivity index (χ0) is 99.3. The van der Waals surface area contributed by atoms with E-state index in [0.29, 0.717) is 80.8 Å². The highest BCUT2D eigenvalue weighted by Crippen LogP contribution is 2.39. The van der Waals surface area contributed by atoms with Crippen LogP contribution in [0.4, 0.5) is 0 Å². The Labute approximate surface area is 790 Å². The van der Waals surface area contributed by atoms with Gasteiger partial charge in [0.05, 0.1) is 6.42 Å². The van der Waals surface area contributed by atoms with Crippen LogP contribution in [0.2, 0.25) is 0 Å². The van der Waals surface area contributed by atoms with Crippen molar-refractivity contribution in [1.29, 1.82) is 0 Å². The summed E-state index contributed by atoms with van der Waals surface area (Å²) in [5.41, 5.74) is 14.5. The highest BCUT2D eigenvalue weighted by Gasteiger charge is 2.43. The zero-order valence-electron chi connectivity index (χ0n) is 86.4. The fraction of sp³-hybridized carbons (Fsp3) is 0.664. The van der Waals surface area contributed by atoms with Crippen LogP contribution in [0.25, 0.3) is 0 Å². The Kier molecular flexibility index (Phi) is 49.3. The third-order valence-corrected chi connectivity index (χ3v) is 25.0. The van der Waals surface area contributed by atoms with E-state index in [9.17, 15) is 57.5 Å². The molecule has 6 amide bonds. The van der Waals surface area contributed by atoms with Crippen molar-refractivity contribution >= 4 is 70.1 Å². The first-order chi connectivity index (χ1) is 60.9. The number of likely N-dealkylation sites (tertiary alicyclic amines) is 2. The molecule has 24 nitrogen and oxygen atoms in total. The van der Waals surface area contributed by atoms with Crippen molar-refractivity contribution in [3.63, 3.8) is 0 Å². The normalized spacial score (nSPS) is 16.7. The number of rotatable bonds is 32. The van der Waals surface area contributed by atoms with Crippen molar-refractivity contribution in [2.75, 3.05) is 175 Å². The molecule has 0 radical (unpaired) electrons. The van der Waals surface area contributed by atoms with Crippen LogP contribution in [0.1, 0.15) is 272 Å². The number of amides is 6. The lowest BCUT2D eigenvalue weighted by Crippen LogP contribution is -2.44. The second-order valence-electron chi connectivity index (χ2n) is 43.3. The van der Waals surface area contributed by atoms with Gasteiger partial charge in [0, 0.05) is 219 Å². The summed E-state index contributed by atoms with van der Waals surface area (Å²) in [5.74, 6) is 0.689. The van der Waals surface area contributed by atoms with E-state index in [1.807, 2.05) is 268 Å². The Morgan fingerprint density at radius 1 is 0.290 bits per heavy atom. The maximum atomic E-state index is 12.9. The number of hydrogen-bond acceptors (Lipinski definition) is 18. The largest absolute Gasteiger partial charge is 0.344 e. The van der Waals surface area contributed by atoms with Gasteiger partial charge < -0.3 is 60.5 Å². The number of carbonyl (C=O) groups is 12. The molecule has 24 heteroatoms. The molecule has 734 valence electrons. The second kappa shape index (κ2) is 55.4. The van der Waals surface area contributed by atoms with Gasteiger partial charge in [0.15, 0.2) is 5.78 Å². The van der Waals surface area contributed by atoms with Crippen molar-refractivity contribution in [1.82, 2.24) is 49.0 Å². The Balaban J connectivity index is 0.000000406. The van der Waals surface area contributed by atoms with Gasteiger partial charge >= 0.3 is 0 Å². The van der Waals surface area contributed by atoms with Crippen molar-refractivity contribution in [3.05, 3.63) is 142 Å². The molecule has 0 spiro atoms. The molecule has 4 aliphatic rings. The zero-order valence-corrected chi connectivity index (χ0v) is 86.4. The first-order valence-corrected chi connectivity index (χ1v) is 48.1. The third-order valence-electron chi connectivity index (χ3n) is 25.0. The summed E-state index contributed by atoms with van der Waals surface area (Å²) in [7, 11) is 18.8. The van der Waals surface area contributed by atoms with Crippen molar-refractivity contribution in [3.8, 4) is 0 Å². The highest BCUT2D eigenvalue weighted by atomic mass is 16.2. The molecule has 0 bridgehead atoms. The molecule has 2 aliphatic carbocycles. The molecule has 4 aromatic rings. The smallest absolute Gasteiger partial charge is 0.253 e. The number of piperidine rings is 1. The molecule has 2 saturated carbocycles. The van der Waals surface area contributed by atoms with E-state index in [-0.39, 0.29) is 111 Å². The van der Waals surface area contributed by atoms with Gasteiger partial charge in [-0.3, -0.25) is 57.5 Å². The van der Waals surface area contributed by atoms with Crippen LogP contribution in [-0.2, 0) is 64.0 Å². The average Bonchev–Trinajstić information content (AvgIpc) is 0.864. The van der Waals surface area contributed by atoms with Gasteiger partial charge in [-0.05, 0) is 146 Å². The van der Waals surface area contributed by atoms with Crippen LogP contribution >= 0.6 is 0 Å². The summed E-state index contributed by atoms with van der Waals surface area (Å²) in [5, 5.41) is 0. The quantitative estimate of drug-likeness (QED) is 0.0429. The van der Waals surface area contributed by atoms with E-state index in [4.69, 9.17) is 11.5 Å². The molecule has 4 atom stereocenters. The lowest BCUT2D eigenvalue weighted by Gasteiger charge is -2.35. The lowest BCUT2D eigenvalue weighted by atomic mass is 9.70. The van der Waals surface area contributed by atoms with Crippen LogP contribution in [0.5, 0.6) is 0 Å². The monoisotopic (exact) mass is 1820 g/mol. The summed E-state index contributed by atoms with van der Waals surface area (Å²) < 4.78 is 0. The molecular weight excluding hydrogens is 1650 g/mol. The molecule has 8 rings (SSSR count). The van der Waals surface area contributed by atoms with Gasteiger partial charge in [0.2, 0.25) is 17.7 Å². The van der Waals surface area contributed by atoms with Crippen LogP contribution in [0.3, 0.4) is 0 Å². The number of nitrogens with two attached hydrogens (primary N) is 2. The molecule has 4 aromatic carbocycles. The molecule has 4 N–H and O–H groups in total. The Hall–Kier alpha value is -8.52. The number of hydrogen-bond donors (Lipinski definition) is 2. The second-order valence-corrected chi connectivity index (χ2v) is 43.3. The minimum Gasteiger partial charge on any atom is -0.344 e. The fourth-order valence-corrected chi connectivity index (χ4v) is 15.8. The van der Waals surface area contributed by atoms with Crippen molar-refractivity contribution in [2.24, 2.45) is 67.6 Å². The summed E-state index contributed by atoms with van der Waals surface area (Å²) in [6, 6.07) is 29.8. The molecule has 131 heavy (non-hydrogen) atoms. The summed E-state index contributed by atoms with van der Waals surface area (Å²) >= 11 is 0. The molecule has 0 unspecified atom stereocenters. The molecule has 4 fully saturated rings. The van der Waals surface area contributed by atoms with Gasteiger partial charge in [-0.2, -0.15) is 0 Å². The number of likely N-dealkylation sites (N-methyl/N-ethyl adjacent to an activating group) is 8. The molecular formula is C107H174N12O12. The summed E-state index contributed by atoms with van der Waals surface area (Å²) in [6.45, 7) is 47.4. The summed E-state index contributed by atoms with van der Waals surface area (Å²) in [4.78, 5) is 169. The number of Topliss-reactive ketones (excluding diaryl/α,β-unsaturated/α-hetero) is 6. The third kappa shape index (κ3) is 40.7. The van der Waals surface area contributed by atoms with E-state index in [0.717, 1.165) is 139 Å². The van der Waals surface area contributed by atoms with Gasteiger partial charge in [0.1, 0.15) is 28.9 Å². The van der Waals surface area contributed by atoms with E-state index < -0.39 is 21.7 Å². The lowest BCUT2D eigenvalue weighted by molar-refractivity contribution is -0.144. The van der Waals surface area contributed by atoms with Gasteiger partial charge in [-0.15, -0.1) is 0 Å². The first kappa shape index (κ1) is 117. The maximum Gasteiger partial charge on any atom is 0.253 e. The van der Waals surface area contributed by atoms with Gasteiger partial charge in [0.25, 0.3) is 17.7 Å². The Morgan fingerprint density at radius 2 is 0.557 bits per heavy atom. The predicted molar refractivity (Wildman–Crippen MR) is 533 cm³/mol. The van der Waals surface area contributed by atoms with Crippen LogP contribution in [-0.4, -0.2) is 294 Å². The SMILES string of the molecule is CN(C)CCN(C)C(=O)Cc1ccccc1C(=O)C(C)(C)C.CN(C)CCN(C)C(=O)c1ccccc1CC(=O)C(C)(C)C.CN(CCN)C(=O)[C@@H]1CCCC[C@@H]1C(=O)C(C)(C)C.CN(CCN)C(=O)[C@H]1CCCC[C@H]1C(=O)C(C)(C)C.CN(CCN1CCCC1)C(=O)c1ccccc1CC(=O)C(C)(C)C.CN(CCN1CCCCC1)C(=O)c1ccccc1CC(=O)C(C)(C)C. The number of ketones is 6. The van der Waals surface area contributed by atoms with Crippen LogP contribution in [0, 0.1) is 56.2 Å². The fourth-order valence-electron chi connectivity index (χ4n) is 15.8. The highest BCUT2D eigenvalue weighted by molar-refractivity contribution is 6.03. The standard InChI is InChI=1S/C21H32N2O2.C20H30N2O2.2C18H28N2O2.2C15H28N2O2/c1-21(2,3)19(24)16-17-10-6-7-11-18(17)20(25)22(4)14-15-23-12-8-5-9-13-23;1-20(2,3)18(23)15-16-9-5-6-10-17(16)19(24)21(4)13-14-22-11-7-8-12-22;1-18(2,3)17(22)15-10-8-7-9-14(15)13-16(21)20(6)12-11-19(4)5;1-18(2,3)16(21)13-14-9-7-8-10-15(14)17(22)20(6)12-11-19(4)5;2*1-15(2,3)13(18)11-7-5-6-8-12(11)14(19)17(4)10-9-16/h6-7,10-11H,5,8-9,12-16H2,1-4H3;5-6,9-10H,7-8,11-15H2,1-4H3;2*7-10H,11-13H2,1-6H3;2*11-12H,5-10,16H2,1-4H3/t;;;;2*11-,12+/m....10/s1. The minimum atomic E-state index is -0.448. The number of benzene rings is 4. The molecule has 0 aromatic heterocycles. The Bertz CT molecular complexity index is 4220. The van der Waals surface area contributed by atoms with E-state index >= 15 is 0 Å². The Morgan fingerprint density at radius 3 is 0.840 bits per heavy atom. The van der Waals surface area contributed by atoms with E-state index in [2.05, 4.69) is 9.80 Å². The molecule has 2 heterocycles. The van der Waals surface area contributed by atoms with Crippen LogP contribution < -0.4 is 11.5 Å². The van der Waals surface area contributed by atoms with Crippen LogP contribution in [0.15, 0.2) is 97.1 Å². The minimum absolute atomic E-state index is 0.00602. The maximum absolute atomic E-state index is 12.9. The molecule has 2 aliphatic heterocycles. The first-order valence-electron chi connectivity index (χ1n) is 48.1. The number of nitrogens with zero attached hydrogens (tertiary/aromatic N) is 10. The topological polar surface area (TPSA) is 289 Å². The number of carbonyl (C=O) groups excluding carboxylic acids is 12. The van der Waals surface area contributed by atoms with Gasteiger partial charge in [-0.1, -0.05) is 236 Å².